The van der Waals surface area contributed by atoms with Gasteiger partial charge in [-0.05, 0) is 61.4 Å². The third-order valence-corrected chi connectivity index (χ3v) is 9.53. The zero-order valence-corrected chi connectivity index (χ0v) is 19.9. The number of ether oxygens (including phenoxy) is 1. The van der Waals surface area contributed by atoms with Crippen molar-refractivity contribution in [2.24, 2.45) is 0 Å². The average Bonchev–Trinajstić information content (AvgIpc) is 3.62. The molecule has 0 unspecified atom stereocenters. The van der Waals surface area contributed by atoms with Crippen LogP contribution in [0.3, 0.4) is 0 Å². The van der Waals surface area contributed by atoms with Crippen LogP contribution in [0, 0.1) is 5.82 Å². The number of hydrogen-bond donors (Lipinski definition) is 0. The van der Waals surface area contributed by atoms with Crippen molar-refractivity contribution in [1.82, 2.24) is 15.1 Å². The molecule has 0 spiro atoms. The molecule has 2 aromatic heterocycles. The molecule has 1 aliphatic carbocycles. The van der Waals surface area contributed by atoms with Crippen LogP contribution in [0.1, 0.15) is 47.6 Å². The summed E-state index contributed by atoms with van der Waals surface area (Å²) in [6, 6.07) is 7.54. The van der Waals surface area contributed by atoms with Crippen LogP contribution in [0.4, 0.5) is 4.39 Å². The lowest BCUT2D eigenvalue weighted by Crippen LogP contribution is -2.46. The number of nitrogens with zero attached hydrogens (tertiary/aromatic N) is 3. The fourth-order valence-corrected chi connectivity index (χ4v) is 7.88. The number of carbonyl (C=O) groups excluding carboxylic acids is 2. The van der Waals surface area contributed by atoms with Crippen molar-refractivity contribution < 1.29 is 23.1 Å². The first-order valence-corrected chi connectivity index (χ1v) is 13.2. The highest BCUT2D eigenvalue weighted by Gasteiger charge is 2.57. The molecule has 4 heterocycles. The van der Waals surface area contributed by atoms with Gasteiger partial charge in [0.25, 0.3) is 11.8 Å². The van der Waals surface area contributed by atoms with E-state index in [1.807, 2.05) is 0 Å². The second kappa shape index (κ2) is 8.49. The Morgan fingerprint density at radius 1 is 1.21 bits per heavy atom. The van der Waals surface area contributed by atoms with Gasteiger partial charge in [0.15, 0.2) is 6.61 Å². The number of thioether (sulfide) groups is 1. The Labute approximate surface area is 203 Å². The Hall–Kier alpha value is -2.72. The molecule has 0 N–H and O–H groups in total. The Bertz CT molecular complexity index is 1230. The number of amides is 1. The van der Waals surface area contributed by atoms with Crippen molar-refractivity contribution in [3.8, 4) is 10.8 Å². The SMILES string of the molecule is O=C(OCc1nnc(-c2cc3c(s2)CCCC3)o1)[C@@H]1CS[C@@]2(c3ccc(F)cc3)CCC(=O)N12. The highest BCUT2D eigenvalue weighted by molar-refractivity contribution is 8.00. The summed E-state index contributed by atoms with van der Waals surface area (Å²) < 4.78 is 24.7. The summed E-state index contributed by atoms with van der Waals surface area (Å²) in [6.07, 6.45) is 5.50. The smallest absolute Gasteiger partial charge is 0.330 e. The summed E-state index contributed by atoms with van der Waals surface area (Å²) in [4.78, 5) is 29.0. The first-order chi connectivity index (χ1) is 16.5. The third kappa shape index (κ3) is 3.63. The predicted molar refractivity (Wildman–Crippen MR) is 124 cm³/mol. The number of fused-ring (bicyclic) bond motifs is 2. The van der Waals surface area contributed by atoms with E-state index in [0.29, 0.717) is 24.5 Å². The van der Waals surface area contributed by atoms with E-state index in [9.17, 15) is 14.0 Å². The van der Waals surface area contributed by atoms with Gasteiger partial charge in [-0.15, -0.1) is 33.3 Å². The van der Waals surface area contributed by atoms with Gasteiger partial charge in [-0.3, -0.25) is 4.79 Å². The van der Waals surface area contributed by atoms with Gasteiger partial charge in [0.05, 0.1) is 4.88 Å². The molecule has 1 amide bonds. The molecule has 0 bridgehead atoms. The van der Waals surface area contributed by atoms with E-state index in [0.717, 1.165) is 23.3 Å². The number of halogens is 1. The van der Waals surface area contributed by atoms with Crippen LogP contribution in [0.2, 0.25) is 0 Å². The van der Waals surface area contributed by atoms with Crippen LogP contribution in [-0.2, 0) is 38.6 Å². The Morgan fingerprint density at radius 2 is 2.03 bits per heavy atom. The maximum atomic E-state index is 13.4. The third-order valence-electron chi connectivity index (χ3n) is 6.71. The van der Waals surface area contributed by atoms with E-state index in [-0.39, 0.29) is 24.2 Å². The molecular formula is C24H22FN3O4S2. The van der Waals surface area contributed by atoms with Crippen LogP contribution in [0.25, 0.3) is 10.8 Å². The monoisotopic (exact) mass is 499 g/mol. The van der Waals surface area contributed by atoms with Crippen LogP contribution in [0.15, 0.2) is 34.7 Å². The number of esters is 1. The normalized spacial score (nSPS) is 23.7. The van der Waals surface area contributed by atoms with Crippen LogP contribution in [-0.4, -0.2) is 38.8 Å². The summed E-state index contributed by atoms with van der Waals surface area (Å²) in [5, 5.41) is 8.17. The highest BCUT2D eigenvalue weighted by Crippen LogP contribution is 2.54. The van der Waals surface area contributed by atoms with E-state index in [2.05, 4.69) is 16.3 Å². The Kier molecular flexibility index (Phi) is 5.44. The fourth-order valence-electron chi connectivity index (χ4n) is 5.06. The average molecular weight is 500 g/mol. The first-order valence-electron chi connectivity index (χ1n) is 11.4. The molecule has 6 rings (SSSR count). The van der Waals surface area contributed by atoms with Crippen molar-refractivity contribution in [3.63, 3.8) is 0 Å². The molecule has 1 aromatic carbocycles. The van der Waals surface area contributed by atoms with Crippen molar-refractivity contribution >= 4 is 35.0 Å². The molecule has 2 fully saturated rings. The van der Waals surface area contributed by atoms with Crippen molar-refractivity contribution in [2.75, 3.05) is 5.75 Å². The largest absolute Gasteiger partial charge is 0.454 e. The molecule has 176 valence electrons. The van der Waals surface area contributed by atoms with Crippen molar-refractivity contribution in [1.29, 1.82) is 0 Å². The van der Waals surface area contributed by atoms with Gasteiger partial charge < -0.3 is 14.1 Å². The fraction of sp³-hybridized carbons (Fsp3) is 0.417. The second-order valence-electron chi connectivity index (χ2n) is 8.76. The maximum absolute atomic E-state index is 13.4. The molecule has 34 heavy (non-hydrogen) atoms. The first kappa shape index (κ1) is 21.8. The van der Waals surface area contributed by atoms with E-state index in [4.69, 9.17) is 9.15 Å². The van der Waals surface area contributed by atoms with Gasteiger partial charge in [0.1, 0.15) is 16.7 Å². The van der Waals surface area contributed by atoms with Gasteiger partial charge in [-0.2, -0.15) is 0 Å². The number of aromatic nitrogens is 2. The highest BCUT2D eigenvalue weighted by atomic mass is 32.2. The zero-order chi connectivity index (χ0) is 23.3. The molecule has 7 nitrogen and oxygen atoms in total. The van der Waals surface area contributed by atoms with Crippen LogP contribution in [0.5, 0.6) is 0 Å². The number of benzene rings is 1. The Balaban J connectivity index is 1.15. The predicted octanol–water partition coefficient (Wildman–Crippen LogP) is 4.45. The number of aryl methyl sites for hydroxylation is 2. The molecule has 10 heteroatoms. The van der Waals surface area contributed by atoms with Crippen LogP contribution < -0.4 is 0 Å². The summed E-state index contributed by atoms with van der Waals surface area (Å²) in [7, 11) is 0. The minimum atomic E-state index is -0.712. The van der Waals surface area contributed by atoms with Gasteiger partial charge >= 0.3 is 5.97 Å². The topological polar surface area (TPSA) is 85.5 Å². The number of carbonyl (C=O) groups is 2. The van der Waals surface area contributed by atoms with Crippen LogP contribution >= 0.6 is 23.1 Å². The maximum Gasteiger partial charge on any atom is 0.330 e. The molecule has 0 radical (unpaired) electrons. The summed E-state index contributed by atoms with van der Waals surface area (Å²) in [5.41, 5.74) is 2.18. The molecule has 3 aromatic rings. The summed E-state index contributed by atoms with van der Waals surface area (Å²) >= 11 is 3.21. The number of hydrogen-bond acceptors (Lipinski definition) is 8. The second-order valence-corrected chi connectivity index (χ2v) is 11.2. The Morgan fingerprint density at radius 3 is 2.85 bits per heavy atom. The lowest BCUT2D eigenvalue weighted by Gasteiger charge is -2.33. The molecule has 0 saturated carbocycles. The van der Waals surface area contributed by atoms with Crippen molar-refractivity contribution in [2.45, 2.75) is 56.0 Å². The van der Waals surface area contributed by atoms with Crippen molar-refractivity contribution in [3.05, 3.63) is 58.0 Å². The quantitative estimate of drug-likeness (QED) is 0.480. The molecule has 2 saturated heterocycles. The zero-order valence-electron chi connectivity index (χ0n) is 18.3. The van der Waals surface area contributed by atoms with Gasteiger partial charge in [-0.25, -0.2) is 9.18 Å². The van der Waals surface area contributed by atoms with E-state index < -0.39 is 16.9 Å². The van der Waals surface area contributed by atoms with E-state index >= 15 is 0 Å². The minimum Gasteiger partial charge on any atom is -0.454 e. The molecule has 2 atom stereocenters. The standard InChI is InChI=1S/C24H22FN3O4S2/c25-16-7-5-15(6-8-16)24-10-9-21(29)28(24)17(13-33-24)23(30)31-12-20-26-27-22(32-20)19-11-14-3-1-2-4-18(14)34-19/h5-8,11,17H,1-4,9-10,12-13H2/t17-,24+/m0/s1. The van der Waals surface area contributed by atoms with E-state index in [1.165, 1.54) is 47.2 Å². The molecular weight excluding hydrogens is 477 g/mol. The van der Waals surface area contributed by atoms with E-state index in [1.54, 1.807) is 28.4 Å². The summed E-state index contributed by atoms with van der Waals surface area (Å²) in [6.45, 7) is -0.149. The molecule has 3 aliphatic rings. The minimum absolute atomic E-state index is 0.0991. The number of thiophene rings is 1. The lowest BCUT2D eigenvalue weighted by molar-refractivity contribution is -0.155. The van der Waals surface area contributed by atoms with Gasteiger partial charge in [0.2, 0.25) is 5.91 Å². The van der Waals surface area contributed by atoms with Gasteiger partial charge in [0, 0.05) is 17.1 Å². The van der Waals surface area contributed by atoms with Gasteiger partial charge in [-0.1, -0.05) is 12.1 Å². The lowest BCUT2D eigenvalue weighted by atomic mass is 9.99. The number of rotatable bonds is 5. The summed E-state index contributed by atoms with van der Waals surface area (Å²) in [5.74, 6) is 0.134. The molecule has 2 aliphatic heterocycles.